The van der Waals surface area contributed by atoms with Crippen LogP contribution in [0.1, 0.15) is 11.1 Å². The molecule has 1 aliphatic rings. The summed E-state index contributed by atoms with van der Waals surface area (Å²) in [7, 11) is -3.85. The number of hydrogen-bond donors (Lipinski definition) is 0. The monoisotopic (exact) mass is 327 g/mol. The number of hydrogen-bond acceptors (Lipinski definition) is 5. The molecule has 2 aromatic rings. The molecule has 5 nitrogen and oxygen atoms in total. The Balaban J connectivity index is 2.02. The summed E-state index contributed by atoms with van der Waals surface area (Å²) in [5.41, 5.74) is 1.50. The molecule has 1 heterocycles. The van der Waals surface area contributed by atoms with Crippen LogP contribution in [0.5, 0.6) is 11.5 Å². The van der Waals surface area contributed by atoms with Gasteiger partial charge in [-0.2, -0.15) is 5.26 Å². The molecule has 2 aromatic carbocycles. The highest BCUT2D eigenvalue weighted by Gasteiger charge is 2.21. The highest BCUT2D eigenvalue weighted by Crippen LogP contribution is 2.33. The van der Waals surface area contributed by atoms with Crippen molar-refractivity contribution in [3.05, 3.63) is 58.5 Å². The third-order valence-corrected chi connectivity index (χ3v) is 5.11. The molecule has 0 spiro atoms. The van der Waals surface area contributed by atoms with Gasteiger partial charge in [-0.25, -0.2) is 8.42 Å². The molecule has 3 rings (SSSR count). The lowest BCUT2D eigenvalue weighted by Gasteiger charge is -2.04. The van der Waals surface area contributed by atoms with Gasteiger partial charge < -0.3 is 9.47 Å². The molecule has 23 heavy (non-hydrogen) atoms. The van der Waals surface area contributed by atoms with E-state index in [1.165, 1.54) is 18.2 Å². The number of nitrogens with zero attached hydrogens (tertiary/aromatic N) is 1. The standard InChI is InChI=1S/C17H13NO4S/c1-12-2-5-14(6-3-12)23(19,20)15(10-18)8-13-4-7-16-17(9-13)22-11-21-16/h2-9H,11H2,1H3. The van der Waals surface area contributed by atoms with Crippen molar-refractivity contribution in [1.82, 2.24) is 0 Å². The fraction of sp³-hybridized carbons (Fsp3) is 0.118. The van der Waals surface area contributed by atoms with E-state index >= 15 is 0 Å². The van der Waals surface area contributed by atoms with Crippen LogP contribution in [-0.4, -0.2) is 15.2 Å². The maximum absolute atomic E-state index is 12.6. The van der Waals surface area contributed by atoms with E-state index in [1.807, 2.05) is 6.92 Å². The molecule has 0 radical (unpaired) electrons. The van der Waals surface area contributed by atoms with Gasteiger partial charge in [-0.05, 0) is 42.8 Å². The molecular weight excluding hydrogens is 314 g/mol. The summed E-state index contributed by atoms with van der Waals surface area (Å²) in [6.07, 6.45) is 1.33. The normalized spacial score (nSPS) is 13.7. The summed E-state index contributed by atoms with van der Waals surface area (Å²) in [6.45, 7) is 2.00. The molecule has 0 bridgehead atoms. The molecule has 0 atom stereocenters. The molecule has 0 saturated heterocycles. The SMILES string of the molecule is Cc1ccc(S(=O)(=O)C(C#N)=Cc2ccc3c(c2)OCO3)cc1. The number of sulfone groups is 1. The molecule has 0 aromatic heterocycles. The predicted octanol–water partition coefficient (Wildman–Crippen LogP) is 3.06. The first-order valence-electron chi connectivity index (χ1n) is 6.84. The van der Waals surface area contributed by atoms with Crippen molar-refractivity contribution in [3.63, 3.8) is 0 Å². The first-order valence-corrected chi connectivity index (χ1v) is 8.32. The van der Waals surface area contributed by atoms with Crippen LogP contribution in [0.4, 0.5) is 0 Å². The molecule has 0 unspecified atom stereocenters. The molecule has 0 fully saturated rings. The number of fused-ring (bicyclic) bond motifs is 1. The quantitative estimate of drug-likeness (QED) is 0.810. The highest BCUT2D eigenvalue weighted by atomic mass is 32.2. The van der Waals surface area contributed by atoms with Crippen molar-refractivity contribution in [3.8, 4) is 17.6 Å². The minimum absolute atomic E-state index is 0.0941. The van der Waals surface area contributed by atoms with Crippen molar-refractivity contribution in [2.24, 2.45) is 0 Å². The van der Waals surface area contributed by atoms with Crippen LogP contribution in [0.3, 0.4) is 0 Å². The van der Waals surface area contributed by atoms with Gasteiger partial charge in [0.1, 0.15) is 11.0 Å². The second-order valence-electron chi connectivity index (χ2n) is 5.05. The molecule has 116 valence electrons. The summed E-state index contributed by atoms with van der Waals surface area (Å²) in [6, 6.07) is 13.2. The van der Waals surface area contributed by atoms with Gasteiger partial charge in [0.15, 0.2) is 11.5 Å². The van der Waals surface area contributed by atoms with Crippen LogP contribution in [0.2, 0.25) is 0 Å². The Morgan fingerprint density at radius 2 is 1.83 bits per heavy atom. The third kappa shape index (κ3) is 2.91. The van der Waals surface area contributed by atoms with E-state index in [4.69, 9.17) is 9.47 Å². The molecule has 1 aliphatic heterocycles. The fourth-order valence-electron chi connectivity index (χ4n) is 2.17. The number of rotatable bonds is 3. The average Bonchev–Trinajstić information content (AvgIpc) is 3.00. The zero-order valence-corrected chi connectivity index (χ0v) is 13.1. The Kier molecular flexibility index (Phi) is 3.80. The Morgan fingerprint density at radius 1 is 1.13 bits per heavy atom. The van der Waals surface area contributed by atoms with Crippen molar-refractivity contribution in [1.29, 1.82) is 5.26 Å². The lowest BCUT2D eigenvalue weighted by atomic mass is 10.2. The smallest absolute Gasteiger partial charge is 0.231 e. The maximum Gasteiger partial charge on any atom is 0.231 e. The number of nitriles is 1. The molecule has 0 aliphatic carbocycles. The van der Waals surface area contributed by atoms with E-state index in [0.717, 1.165) is 5.56 Å². The van der Waals surface area contributed by atoms with Gasteiger partial charge in [-0.15, -0.1) is 0 Å². The topological polar surface area (TPSA) is 76.4 Å². The largest absolute Gasteiger partial charge is 0.454 e. The van der Waals surface area contributed by atoms with E-state index in [1.54, 1.807) is 36.4 Å². The Labute approximate surface area is 134 Å². The van der Waals surface area contributed by atoms with Crippen LogP contribution in [0, 0.1) is 18.3 Å². The minimum atomic E-state index is -3.85. The van der Waals surface area contributed by atoms with Crippen molar-refractivity contribution >= 4 is 15.9 Å². The maximum atomic E-state index is 12.6. The number of allylic oxidation sites excluding steroid dienone is 1. The zero-order valence-electron chi connectivity index (χ0n) is 12.3. The minimum Gasteiger partial charge on any atom is -0.454 e. The predicted molar refractivity (Wildman–Crippen MR) is 84.5 cm³/mol. The summed E-state index contributed by atoms with van der Waals surface area (Å²) < 4.78 is 35.6. The lowest BCUT2D eigenvalue weighted by molar-refractivity contribution is 0.174. The van der Waals surface area contributed by atoms with Gasteiger partial charge in [0.25, 0.3) is 0 Å². The Morgan fingerprint density at radius 3 is 2.52 bits per heavy atom. The summed E-state index contributed by atoms with van der Waals surface area (Å²) in [5.74, 6) is 1.13. The number of aryl methyl sites for hydroxylation is 1. The first-order chi connectivity index (χ1) is 11.0. The van der Waals surface area contributed by atoms with Gasteiger partial charge in [0.2, 0.25) is 16.6 Å². The lowest BCUT2D eigenvalue weighted by Crippen LogP contribution is -2.03. The number of benzene rings is 2. The Hall–Kier alpha value is -2.78. The van der Waals surface area contributed by atoms with Gasteiger partial charge in [-0.1, -0.05) is 23.8 Å². The van der Waals surface area contributed by atoms with Gasteiger partial charge in [0, 0.05) is 0 Å². The molecule has 0 amide bonds. The van der Waals surface area contributed by atoms with Crippen LogP contribution in [0.25, 0.3) is 6.08 Å². The van der Waals surface area contributed by atoms with E-state index in [0.29, 0.717) is 17.1 Å². The van der Waals surface area contributed by atoms with Crippen molar-refractivity contribution in [2.75, 3.05) is 6.79 Å². The van der Waals surface area contributed by atoms with E-state index in [9.17, 15) is 13.7 Å². The summed E-state index contributed by atoms with van der Waals surface area (Å²) in [5, 5.41) is 9.28. The van der Waals surface area contributed by atoms with Crippen LogP contribution < -0.4 is 9.47 Å². The second kappa shape index (κ2) is 5.78. The first kappa shape index (κ1) is 15.1. The Bertz CT molecular complexity index is 922. The zero-order chi connectivity index (χ0) is 16.4. The van der Waals surface area contributed by atoms with Crippen molar-refractivity contribution < 1.29 is 17.9 Å². The summed E-state index contributed by atoms with van der Waals surface area (Å²) >= 11 is 0. The van der Waals surface area contributed by atoms with Crippen LogP contribution in [-0.2, 0) is 9.84 Å². The summed E-state index contributed by atoms with van der Waals surface area (Å²) in [4.78, 5) is -0.225. The van der Waals surface area contributed by atoms with Gasteiger partial charge in [0.05, 0.1) is 4.90 Å². The molecular formula is C17H13NO4S. The van der Waals surface area contributed by atoms with E-state index in [-0.39, 0.29) is 16.6 Å². The van der Waals surface area contributed by atoms with E-state index < -0.39 is 9.84 Å². The third-order valence-electron chi connectivity index (χ3n) is 3.43. The van der Waals surface area contributed by atoms with Crippen molar-refractivity contribution in [2.45, 2.75) is 11.8 Å². The van der Waals surface area contributed by atoms with Crippen LogP contribution in [0.15, 0.2) is 52.3 Å². The van der Waals surface area contributed by atoms with E-state index in [2.05, 4.69) is 0 Å². The highest BCUT2D eigenvalue weighted by molar-refractivity contribution is 7.95. The van der Waals surface area contributed by atoms with Gasteiger partial charge >= 0.3 is 0 Å². The second-order valence-corrected chi connectivity index (χ2v) is 6.97. The molecule has 6 heteroatoms. The molecule has 0 saturated carbocycles. The van der Waals surface area contributed by atoms with Crippen LogP contribution >= 0.6 is 0 Å². The fourth-order valence-corrected chi connectivity index (χ4v) is 3.33. The van der Waals surface area contributed by atoms with Gasteiger partial charge in [-0.3, -0.25) is 0 Å². The molecule has 0 N–H and O–H groups in total. The number of ether oxygens (including phenoxy) is 2. The average molecular weight is 327 g/mol.